The van der Waals surface area contributed by atoms with Crippen LogP contribution in [0.3, 0.4) is 0 Å². The van der Waals surface area contributed by atoms with Crippen LogP contribution in [-0.4, -0.2) is 37.2 Å². The number of methoxy groups -OCH3 is 2. The van der Waals surface area contributed by atoms with E-state index in [2.05, 4.69) is 14.8 Å². The highest BCUT2D eigenvalue weighted by molar-refractivity contribution is 5.99. The fraction of sp³-hybridized carbons (Fsp3) is 0.214. The predicted molar refractivity (Wildman–Crippen MR) is 73.9 cm³/mol. The van der Waals surface area contributed by atoms with Crippen LogP contribution in [0.5, 0.6) is 0 Å². The van der Waals surface area contributed by atoms with Crippen LogP contribution in [0.25, 0.3) is 0 Å². The lowest BCUT2D eigenvalue weighted by molar-refractivity contribution is -0.138. The number of hydrogen-bond donors (Lipinski definition) is 2. The Kier molecular flexibility index (Phi) is 5.48. The van der Waals surface area contributed by atoms with E-state index in [-0.39, 0.29) is 11.3 Å². The lowest BCUT2D eigenvalue weighted by Crippen LogP contribution is -2.16. The number of carboxylic acid groups (broad SMARTS) is 1. The number of aryl methyl sites for hydroxylation is 1. The number of carboxylic acids is 1. The highest BCUT2D eigenvalue weighted by atomic mass is 16.5. The SMILES string of the molecule is COC(=O)/C=C(/Nc1ccc(C(=O)O)cc1C)C(=O)OC. The maximum atomic E-state index is 11.6. The van der Waals surface area contributed by atoms with Crippen molar-refractivity contribution < 1.29 is 29.0 Å². The number of nitrogens with one attached hydrogen (secondary N) is 1. The minimum absolute atomic E-state index is 0.115. The summed E-state index contributed by atoms with van der Waals surface area (Å²) in [6, 6.07) is 4.31. The number of carbonyl (C=O) groups is 3. The third-order valence-corrected chi connectivity index (χ3v) is 2.61. The molecule has 0 aliphatic rings. The van der Waals surface area contributed by atoms with E-state index in [1.54, 1.807) is 6.92 Å². The molecule has 2 N–H and O–H groups in total. The molecule has 0 radical (unpaired) electrons. The Labute approximate surface area is 121 Å². The van der Waals surface area contributed by atoms with Crippen LogP contribution >= 0.6 is 0 Å². The Balaban J connectivity index is 3.10. The summed E-state index contributed by atoms with van der Waals surface area (Å²) in [5.41, 5.74) is 1.07. The Morgan fingerprint density at radius 3 is 2.33 bits per heavy atom. The molecule has 112 valence electrons. The summed E-state index contributed by atoms with van der Waals surface area (Å²) in [6.45, 7) is 1.67. The second-order valence-electron chi connectivity index (χ2n) is 4.03. The Hall–Kier alpha value is -2.83. The zero-order valence-corrected chi connectivity index (χ0v) is 11.8. The first-order valence-electron chi connectivity index (χ1n) is 5.88. The van der Waals surface area contributed by atoms with E-state index in [1.165, 1.54) is 32.4 Å². The van der Waals surface area contributed by atoms with Crippen molar-refractivity contribution in [2.75, 3.05) is 19.5 Å². The molecule has 1 aromatic rings. The van der Waals surface area contributed by atoms with Gasteiger partial charge in [-0.3, -0.25) is 0 Å². The van der Waals surface area contributed by atoms with Crippen molar-refractivity contribution >= 4 is 23.6 Å². The summed E-state index contributed by atoms with van der Waals surface area (Å²) in [7, 11) is 2.36. The summed E-state index contributed by atoms with van der Waals surface area (Å²) in [4.78, 5) is 33.7. The normalized spacial score (nSPS) is 10.7. The number of benzene rings is 1. The minimum atomic E-state index is -1.05. The van der Waals surface area contributed by atoms with Crippen molar-refractivity contribution in [1.29, 1.82) is 0 Å². The van der Waals surface area contributed by atoms with Crippen LogP contribution < -0.4 is 5.32 Å². The first-order valence-corrected chi connectivity index (χ1v) is 5.88. The highest BCUT2D eigenvalue weighted by Crippen LogP contribution is 2.19. The molecule has 0 saturated heterocycles. The van der Waals surface area contributed by atoms with Gasteiger partial charge in [0.05, 0.1) is 25.9 Å². The molecular weight excluding hydrogens is 278 g/mol. The monoisotopic (exact) mass is 293 g/mol. The van der Waals surface area contributed by atoms with E-state index in [1.807, 2.05) is 0 Å². The van der Waals surface area contributed by atoms with Gasteiger partial charge in [-0.25, -0.2) is 14.4 Å². The number of ether oxygens (including phenoxy) is 2. The molecule has 21 heavy (non-hydrogen) atoms. The largest absolute Gasteiger partial charge is 0.478 e. The summed E-state index contributed by atoms with van der Waals surface area (Å²) >= 11 is 0. The van der Waals surface area contributed by atoms with Crippen molar-refractivity contribution in [3.8, 4) is 0 Å². The molecule has 0 fully saturated rings. The summed E-state index contributed by atoms with van der Waals surface area (Å²) in [5.74, 6) is -2.52. The Morgan fingerprint density at radius 2 is 1.86 bits per heavy atom. The van der Waals surface area contributed by atoms with Gasteiger partial charge < -0.3 is 19.9 Å². The van der Waals surface area contributed by atoms with E-state index < -0.39 is 17.9 Å². The van der Waals surface area contributed by atoms with Gasteiger partial charge in [0.15, 0.2) is 0 Å². The number of anilines is 1. The van der Waals surface area contributed by atoms with E-state index in [4.69, 9.17) is 5.11 Å². The lowest BCUT2D eigenvalue weighted by Gasteiger charge is -2.12. The third-order valence-electron chi connectivity index (χ3n) is 2.61. The molecule has 1 aromatic carbocycles. The standard InChI is InChI=1S/C14H15NO6/c1-8-6-9(13(17)18)4-5-10(8)15-11(14(19)21-3)7-12(16)20-2/h4-7,15H,1-3H3,(H,17,18)/b11-7+. The first-order chi connectivity index (χ1) is 9.88. The van der Waals surface area contributed by atoms with Gasteiger partial charge >= 0.3 is 17.9 Å². The first kappa shape index (κ1) is 16.2. The van der Waals surface area contributed by atoms with E-state index in [0.717, 1.165) is 6.08 Å². The van der Waals surface area contributed by atoms with Gasteiger partial charge in [-0.05, 0) is 30.7 Å². The van der Waals surface area contributed by atoms with Crippen molar-refractivity contribution in [3.05, 3.63) is 41.1 Å². The maximum Gasteiger partial charge on any atom is 0.354 e. The fourth-order valence-corrected chi connectivity index (χ4v) is 1.51. The van der Waals surface area contributed by atoms with Crippen molar-refractivity contribution in [2.45, 2.75) is 6.92 Å². The Bertz CT molecular complexity index is 605. The maximum absolute atomic E-state index is 11.6. The molecule has 0 aromatic heterocycles. The van der Waals surface area contributed by atoms with E-state index >= 15 is 0 Å². The van der Waals surface area contributed by atoms with Crippen LogP contribution in [-0.2, 0) is 19.1 Å². The third kappa shape index (κ3) is 4.34. The molecule has 7 heteroatoms. The van der Waals surface area contributed by atoms with Crippen LogP contribution in [0.2, 0.25) is 0 Å². The number of carbonyl (C=O) groups excluding carboxylic acids is 2. The van der Waals surface area contributed by atoms with Gasteiger partial charge in [0.1, 0.15) is 5.70 Å². The second-order valence-corrected chi connectivity index (χ2v) is 4.03. The van der Waals surface area contributed by atoms with Crippen LogP contribution in [0.15, 0.2) is 30.0 Å². The van der Waals surface area contributed by atoms with Gasteiger partial charge in [0, 0.05) is 5.69 Å². The van der Waals surface area contributed by atoms with Crippen LogP contribution in [0.4, 0.5) is 5.69 Å². The Morgan fingerprint density at radius 1 is 1.19 bits per heavy atom. The predicted octanol–water partition coefficient (Wildman–Crippen LogP) is 1.34. The summed E-state index contributed by atoms with van der Waals surface area (Å²) in [6.07, 6.45) is 0.955. The number of rotatable bonds is 5. The molecule has 0 aliphatic heterocycles. The molecule has 1 rings (SSSR count). The quantitative estimate of drug-likeness (QED) is 0.623. The van der Waals surface area contributed by atoms with Gasteiger partial charge in [-0.1, -0.05) is 0 Å². The molecule has 0 heterocycles. The zero-order chi connectivity index (χ0) is 16.0. The number of hydrogen-bond acceptors (Lipinski definition) is 6. The fourth-order valence-electron chi connectivity index (χ4n) is 1.51. The molecule has 7 nitrogen and oxygen atoms in total. The highest BCUT2D eigenvalue weighted by Gasteiger charge is 2.14. The molecule has 0 bridgehead atoms. The zero-order valence-electron chi connectivity index (χ0n) is 11.8. The van der Waals surface area contributed by atoms with Gasteiger partial charge in [0.2, 0.25) is 0 Å². The molecule has 0 unspecified atom stereocenters. The lowest BCUT2D eigenvalue weighted by atomic mass is 10.1. The molecule has 0 atom stereocenters. The van der Waals surface area contributed by atoms with Crippen molar-refractivity contribution in [3.63, 3.8) is 0 Å². The van der Waals surface area contributed by atoms with Crippen LogP contribution in [0.1, 0.15) is 15.9 Å². The minimum Gasteiger partial charge on any atom is -0.478 e. The number of aromatic carboxylic acids is 1. The van der Waals surface area contributed by atoms with E-state index in [0.29, 0.717) is 11.3 Å². The molecule has 0 aliphatic carbocycles. The van der Waals surface area contributed by atoms with Gasteiger partial charge in [-0.15, -0.1) is 0 Å². The average Bonchev–Trinajstić information content (AvgIpc) is 2.46. The van der Waals surface area contributed by atoms with Crippen molar-refractivity contribution in [1.82, 2.24) is 0 Å². The van der Waals surface area contributed by atoms with Crippen LogP contribution in [0, 0.1) is 6.92 Å². The van der Waals surface area contributed by atoms with Gasteiger partial charge in [0.25, 0.3) is 0 Å². The second kappa shape index (κ2) is 7.09. The van der Waals surface area contributed by atoms with E-state index in [9.17, 15) is 14.4 Å². The molecule has 0 spiro atoms. The molecule has 0 saturated carbocycles. The number of esters is 2. The molecule has 0 amide bonds. The van der Waals surface area contributed by atoms with Crippen molar-refractivity contribution in [2.24, 2.45) is 0 Å². The topological polar surface area (TPSA) is 102 Å². The smallest absolute Gasteiger partial charge is 0.354 e. The summed E-state index contributed by atoms with van der Waals surface area (Å²) in [5, 5.41) is 11.6. The molecular formula is C14H15NO6. The van der Waals surface area contributed by atoms with Gasteiger partial charge in [-0.2, -0.15) is 0 Å². The average molecular weight is 293 g/mol. The summed E-state index contributed by atoms with van der Waals surface area (Å²) < 4.78 is 9.01.